The molecule has 28 heavy (non-hydrogen) atoms. The molecule has 0 unspecified atom stereocenters. The van der Waals surface area contributed by atoms with Crippen molar-refractivity contribution in [1.29, 1.82) is 0 Å². The van der Waals surface area contributed by atoms with E-state index in [1.807, 2.05) is 54.6 Å². The van der Waals surface area contributed by atoms with Gasteiger partial charge in [-0.15, -0.1) is 10.2 Å². The first kappa shape index (κ1) is 17.5. The van der Waals surface area contributed by atoms with Gasteiger partial charge in [0.05, 0.1) is 17.0 Å². The summed E-state index contributed by atoms with van der Waals surface area (Å²) < 4.78 is 0.817. The average Bonchev–Trinajstić information content (AvgIpc) is 3.28. The van der Waals surface area contributed by atoms with Crippen LogP contribution in [0.4, 0.5) is 5.13 Å². The fourth-order valence-corrected chi connectivity index (χ4v) is 4.88. The molecule has 0 bridgehead atoms. The number of fused-ring (bicyclic) bond motifs is 1. The first-order valence-corrected chi connectivity index (χ1v) is 11.0. The monoisotopic (exact) mass is 406 g/mol. The number of hydrogen-bond acceptors (Lipinski definition) is 6. The summed E-state index contributed by atoms with van der Waals surface area (Å²) in [4.78, 5) is 16.6. The van der Waals surface area contributed by atoms with Crippen LogP contribution in [0.1, 0.15) is 23.2 Å². The molecule has 1 aliphatic carbocycles. The molecule has 5 nitrogen and oxygen atoms in total. The Labute approximate surface area is 170 Å². The number of nitrogens with one attached hydrogen (secondary N) is 2. The van der Waals surface area contributed by atoms with E-state index in [9.17, 15) is 4.79 Å². The largest absolute Gasteiger partial charge is 0.357 e. The molecule has 1 fully saturated rings. The Balaban J connectivity index is 1.41. The zero-order valence-electron chi connectivity index (χ0n) is 15.0. The van der Waals surface area contributed by atoms with Gasteiger partial charge >= 0.3 is 0 Å². The molecule has 5 rings (SSSR count). The van der Waals surface area contributed by atoms with Crippen LogP contribution in [0.3, 0.4) is 0 Å². The quantitative estimate of drug-likeness (QED) is 0.325. The van der Waals surface area contributed by atoms with E-state index in [4.69, 9.17) is 0 Å². The SMILES string of the molecule is O=C(CSc1nnc(NC2CC2)s1)c1c(-c2ccccc2)[nH]c2ccccc12. The lowest BCUT2D eigenvalue weighted by molar-refractivity contribution is 0.102. The Hall–Kier alpha value is -2.64. The minimum absolute atomic E-state index is 0.0909. The second-order valence-electron chi connectivity index (χ2n) is 6.79. The first-order chi connectivity index (χ1) is 13.8. The van der Waals surface area contributed by atoms with Crippen molar-refractivity contribution in [1.82, 2.24) is 15.2 Å². The Kier molecular flexibility index (Phi) is 4.62. The summed E-state index contributed by atoms with van der Waals surface area (Å²) in [5.41, 5.74) is 3.61. The van der Waals surface area contributed by atoms with Crippen LogP contribution in [0.5, 0.6) is 0 Å². The summed E-state index contributed by atoms with van der Waals surface area (Å²) in [6.45, 7) is 0. The highest BCUT2D eigenvalue weighted by molar-refractivity contribution is 8.01. The van der Waals surface area contributed by atoms with E-state index in [2.05, 4.69) is 20.5 Å². The number of aromatic amines is 1. The van der Waals surface area contributed by atoms with Gasteiger partial charge in [-0.1, -0.05) is 71.6 Å². The van der Waals surface area contributed by atoms with Crippen molar-refractivity contribution in [2.75, 3.05) is 11.1 Å². The zero-order chi connectivity index (χ0) is 18.9. The standard InChI is InChI=1S/C21H18N4OS2/c26-17(12-27-21-25-24-20(28-21)22-14-10-11-14)18-15-8-4-5-9-16(15)23-19(18)13-6-2-1-3-7-13/h1-9,14,23H,10-12H2,(H,22,24). The summed E-state index contributed by atoms with van der Waals surface area (Å²) in [6, 6.07) is 18.5. The number of benzene rings is 2. The number of carbonyl (C=O) groups is 1. The summed E-state index contributed by atoms with van der Waals surface area (Å²) in [5, 5.41) is 13.5. The molecule has 7 heteroatoms. The lowest BCUT2D eigenvalue weighted by Crippen LogP contribution is -2.03. The fourth-order valence-electron chi connectivity index (χ4n) is 3.18. The molecule has 2 aromatic heterocycles. The molecule has 1 saturated carbocycles. The molecule has 4 aromatic rings. The van der Waals surface area contributed by atoms with Crippen LogP contribution in [0.2, 0.25) is 0 Å². The second-order valence-corrected chi connectivity index (χ2v) is 8.99. The van der Waals surface area contributed by atoms with E-state index in [0.717, 1.165) is 37.2 Å². The molecule has 1 aliphatic rings. The van der Waals surface area contributed by atoms with Crippen LogP contribution < -0.4 is 5.32 Å². The number of rotatable bonds is 7. The van der Waals surface area contributed by atoms with Crippen molar-refractivity contribution in [2.45, 2.75) is 23.2 Å². The fraction of sp³-hybridized carbons (Fsp3) is 0.190. The lowest BCUT2D eigenvalue weighted by atomic mass is 10.0. The summed E-state index contributed by atoms with van der Waals surface area (Å²) in [7, 11) is 0. The number of thioether (sulfide) groups is 1. The van der Waals surface area contributed by atoms with Crippen molar-refractivity contribution in [3.63, 3.8) is 0 Å². The minimum atomic E-state index is 0.0909. The number of para-hydroxylation sites is 1. The Morgan fingerprint density at radius 2 is 1.89 bits per heavy atom. The highest BCUT2D eigenvalue weighted by Gasteiger charge is 2.23. The maximum absolute atomic E-state index is 13.2. The summed E-state index contributed by atoms with van der Waals surface area (Å²) >= 11 is 2.96. The topological polar surface area (TPSA) is 70.7 Å². The van der Waals surface area contributed by atoms with Crippen molar-refractivity contribution in [3.05, 3.63) is 60.2 Å². The van der Waals surface area contributed by atoms with Crippen molar-refractivity contribution >= 4 is 44.9 Å². The maximum atomic E-state index is 13.2. The van der Waals surface area contributed by atoms with Gasteiger partial charge in [0.2, 0.25) is 5.13 Å². The molecule has 0 saturated heterocycles. The van der Waals surface area contributed by atoms with Crippen molar-refractivity contribution in [3.8, 4) is 11.3 Å². The normalized spacial score (nSPS) is 13.7. The van der Waals surface area contributed by atoms with Gasteiger partial charge in [-0.25, -0.2) is 0 Å². The smallest absolute Gasteiger partial charge is 0.206 e. The molecule has 0 atom stereocenters. The molecule has 0 aliphatic heterocycles. The van der Waals surface area contributed by atoms with Gasteiger partial charge in [-0.2, -0.15) is 0 Å². The third-order valence-electron chi connectivity index (χ3n) is 4.69. The highest BCUT2D eigenvalue weighted by Crippen LogP contribution is 2.34. The highest BCUT2D eigenvalue weighted by atomic mass is 32.2. The predicted molar refractivity (Wildman–Crippen MR) is 115 cm³/mol. The predicted octanol–water partition coefficient (Wildman–Crippen LogP) is 5.24. The third kappa shape index (κ3) is 3.55. The number of ketones is 1. The van der Waals surface area contributed by atoms with Crippen LogP contribution in [0, 0.1) is 0 Å². The summed E-state index contributed by atoms with van der Waals surface area (Å²) in [5.74, 6) is 0.424. The van der Waals surface area contributed by atoms with Gasteiger partial charge in [0.25, 0.3) is 0 Å². The van der Waals surface area contributed by atoms with E-state index >= 15 is 0 Å². The van der Waals surface area contributed by atoms with Crippen molar-refractivity contribution < 1.29 is 4.79 Å². The van der Waals surface area contributed by atoms with Gasteiger partial charge in [0.15, 0.2) is 10.1 Å². The Morgan fingerprint density at radius 1 is 1.11 bits per heavy atom. The van der Waals surface area contributed by atoms with Gasteiger partial charge in [-0.05, 0) is 24.5 Å². The van der Waals surface area contributed by atoms with Crippen LogP contribution in [0.15, 0.2) is 58.9 Å². The van der Waals surface area contributed by atoms with Crippen LogP contribution in [-0.4, -0.2) is 32.8 Å². The number of Topliss-reactive ketones (excluding diaryl/α,β-unsaturated/α-hetero) is 1. The molecular formula is C21H18N4OS2. The number of hydrogen-bond donors (Lipinski definition) is 2. The molecule has 2 N–H and O–H groups in total. The first-order valence-electron chi connectivity index (χ1n) is 9.20. The number of H-pyrrole nitrogens is 1. The number of nitrogens with zero attached hydrogens (tertiary/aromatic N) is 2. The number of anilines is 1. The van der Waals surface area contributed by atoms with Gasteiger partial charge in [-0.3, -0.25) is 4.79 Å². The second kappa shape index (κ2) is 7.41. The molecule has 0 amide bonds. The molecule has 2 aromatic carbocycles. The van der Waals surface area contributed by atoms with Crippen LogP contribution in [-0.2, 0) is 0 Å². The van der Waals surface area contributed by atoms with E-state index in [1.165, 1.54) is 35.9 Å². The van der Waals surface area contributed by atoms with Gasteiger partial charge < -0.3 is 10.3 Å². The molecule has 0 radical (unpaired) electrons. The van der Waals surface area contributed by atoms with Crippen LogP contribution >= 0.6 is 23.1 Å². The maximum Gasteiger partial charge on any atom is 0.206 e. The Morgan fingerprint density at radius 3 is 2.71 bits per heavy atom. The number of aromatic nitrogens is 3. The van der Waals surface area contributed by atoms with Crippen LogP contribution in [0.25, 0.3) is 22.2 Å². The van der Waals surface area contributed by atoms with Gasteiger partial charge in [0, 0.05) is 16.9 Å². The van der Waals surface area contributed by atoms with Crippen molar-refractivity contribution in [2.24, 2.45) is 0 Å². The van der Waals surface area contributed by atoms with Gasteiger partial charge in [0.1, 0.15) is 0 Å². The van der Waals surface area contributed by atoms with E-state index in [-0.39, 0.29) is 5.78 Å². The minimum Gasteiger partial charge on any atom is -0.357 e. The molecule has 2 heterocycles. The molecule has 140 valence electrons. The summed E-state index contributed by atoms with van der Waals surface area (Å²) in [6.07, 6.45) is 2.40. The number of carbonyl (C=O) groups excluding carboxylic acids is 1. The average molecular weight is 407 g/mol. The molecule has 0 spiro atoms. The van der Waals surface area contributed by atoms with E-state index in [1.54, 1.807) is 0 Å². The lowest BCUT2D eigenvalue weighted by Gasteiger charge is -2.04. The zero-order valence-corrected chi connectivity index (χ0v) is 16.6. The van der Waals surface area contributed by atoms with E-state index in [0.29, 0.717) is 11.8 Å². The molecular weight excluding hydrogens is 388 g/mol. The Bertz CT molecular complexity index is 1130. The van der Waals surface area contributed by atoms with E-state index < -0.39 is 0 Å². The third-order valence-corrected chi connectivity index (χ3v) is 6.67.